The van der Waals surface area contributed by atoms with Crippen LogP contribution in [0.15, 0.2) is 48.5 Å². The molecular weight excluding hydrogens is 472 g/mol. The Morgan fingerprint density at radius 3 is 2.00 bits per heavy atom. The van der Waals surface area contributed by atoms with Gasteiger partial charge in [0.15, 0.2) is 0 Å². The van der Waals surface area contributed by atoms with Crippen molar-refractivity contribution < 1.29 is 17.7 Å². The van der Waals surface area contributed by atoms with Gasteiger partial charge in [-0.1, -0.05) is 81.6 Å². The van der Waals surface area contributed by atoms with E-state index in [0.717, 1.165) is 58.5 Å². The maximum absolute atomic E-state index is 10.3. The van der Waals surface area contributed by atoms with Crippen LogP contribution in [-0.4, -0.2) is 56.8 Å². The Kier molecular flexibility index (Phi) is 9.58. The standard InChI is InChI=1S/C23H29NO.C6H13NO3S/c1-3-24(4-2)13-14-25-16-17-15-22-18-9-5-7-11-20(18)23(17)21-12-8-6-10-19(21)22;8-11(9,10)7-6-4-2-1-3-5-6/h5-12,17,22-23H,3-4,13-16H2,1-2H3;6-7H,1-5H2,(H,8,9,10). The first kappa shape index (κ1) is 27.3. The molecule has 2 bridgehead atoms. The van der Waals surface area contributed by atoms with E-state index >= 15 is 0 Å². The molecule has 1 unspecified atom stereocenters. The number of hydrogen-bond acceptors (Lipinski definition) is 4. The summed E-state index contributed by atoms with van der Waals surface area (Å²) in [5.74, 6) is 1.66. The molecule has 0 radical (unpaired) electrons. The summed E-state index contributed by atoms with van der Waals surface area (Å²) in [4.78, 5) is 2.43. The molecule has 7 heteroatoms. The smallest absolute Gasteiger partial charge is 0.333 e. The predicted molar refractivity (Wildman–Crippen MR) is 145 cm³/mol. The largest absolute Gasteiger partial charge is 0.380 e. The number of rotatable bonds is 9. The molecule has 2 aromatic carbocycles. The molecule has 36 heavy (non-hydrogen) atoms. The van der Waals surface area contributed by atoms with Crippen molar-refractivity contribution in [3.63, 3.8) is 0 Å². The predicted octanol–water partition coefficient (Wildman–Crippen LogP) is 5.35. The molecule has 198 valence electrons. The van der Waals surface area contributed by atoms with Gasteiger partial charge in [0.2, 0.25) is 0 Å². The molecule has 2 aromatic rings. The summed E-state index contributed by atoms with van der Waals surface area (Å²) in [6.45, 7) is 9.42. The third-order valence-electron chi connectivity index (χ3n) is 8.12. The van der Waals surface area contributed by atoms with E-state index in [1.807, 2.05) is 0 Å². The molecule has 6 rings (SSSR count). The van der Waals surface area contributed by atoms with Crippen molar-refractivity contribution in [3.8, 4) is 0 Å². The van der Waals surface area contributed by atoms with E-state index in [4.69, 9.17) is 9.29 Å². The van der Waals surface area contributed by atoms with Crippen molar-refractivity contribution in [1.82, 2.24) is 9.62 Å². The molecule has 1 fully saturated rings. The van der Waals surface area contributed by atoms with Gasteiger partial charge in [-0.2, -0.15) is 13.1 Å². The lowest BCUT2D eigenvalue weighted by atomic mass is 9.59. The minimum atomic E-state index is -3.97. The number of fused-ring (bicyclic) bond motifs is 1. The van der Waals surface area contributed by atoms with Crippen LogP contribution in [0, 0.1) is 5.92 Å². The van der Waals surface area contributed by atoms with Gasteiger partial charge in [-0.05, 0) is 60.5 Å². The molecule has 4 aliphatic carbocycles. The summed E-state index contributed by atoms with van der Waals surface area (Å²) >= 11 is 0. The molecular formula is C29H42N2O4S. The average molecular weight is 515 g/mol. The van der Waals surface area contributed by atoms with E-state index in [2.05, 4.69) is 72.0 Å². The van der Waals surface area contributed by atoms with Gasteiger partial charge in [0, 0.05) is 24.4 Å². The maximum Gasteiger partial charge on any atom is 0.333 e. The van der Waals surface area contributed by atoms with Gasteiger partial charge >= 0.3 is 10.3 Å². The van der Waals surface area contributed by atoms with Crippen LogP contribution in [0.2, 0.25) is 0 Å². The molecule has 1 saturated carbocycles. The second-order valence-electron chi connectivity index (χ2n) is 10.3. The van der Waals surface area contributed by atoms with Crippen molar-refractivity contribution in [2.75, 3.05) is 32.8 Å². The highest BCUT2D eigenvalue weighted by Crippen LogP contribution is 2.55. The first-order chi connectivity index (χ1) is 17.4. The zero-order valence-electron chi connectivity index (χ0n) is 21.7. The SMILES string of the molecule is CCN(CC)CCOCC1CC2c3ccccc3C1c1ccccc12.O=S(=O)(O)NC1CCCCC1. The van der Waals surface area contributed by atoms with Crippen molar-refractivity contribution in [2.24, 2.45) is 5.92 Å². The van der Waals surface area contributed by atoms with Crippen LogP contribution in [0.4, 0.5) is 0 Å². The molecule has 0 spiro atoms. The lowest BCUT2D eigenvalue weighted by Gasteiger charge is -2.45. The minimum Gasteiger partial charge on any atom is -0.380 e. The van der Waals surface area contributed by atoms with Crippen LogP contribution in [-0.2, 0) is 15.0 Å². The van der Waals surface area contributed by atoms with Gasteiger partial charge in [0.25, 0.3) is 0 Å². The van der Waals surface area contributed by atoms with E-state index in [0.29, 0.717) is 17.8 Å². The highest BCUT2D eigenvalue weighted by molar-refractivity contribution is 7.83. The molecule has 0 aromatic heterocycles. The fraction of sp³-hybridized carbons (Fsp3) is 0.586. The number of ether oxygens (including phenoxy) is 1. The third kappa shape index (κ3) is 6.75. The summed E-state index contributed by atoms with van der Waals surface area (Å²) in [5, 5.41) is 0. The summed E-state index contributed by atoms with van der Waals surface area (Å²) in [7, 11) is -3.97. The molecule has 6 nitrogen and oxygen atoms in total. The van der Waals surface area contributed by atoms with Gasteiger partial charge in [0.1, 0.15) is 0 Å². The normalized spacial score (nSPS) is 23.1. The highest BCUT2D eigenvalue weighted by Gasteiger charge is 2.42. The van der Waals surface area contributed by atoms with Gasteiger partial charge < -0.3 is 9.64 Å². The fourth-order valence-corrected chi connectivity index (χ4v) is 6.98. The fourth-order valence-electron chi connectivity index (χ4n) is 6.32. The lowest BCUT2D eigenvalue weighted by molar-refractivity contribution is 0.0666. The number of hydrogen-bond donors (Lipinski definition) is 2. The first-order valence-corrected chi connectivity index (χ1v) is 15.1. The molecule has 0 saturated heterocycles. The monoisotopic (exact) mass is 514 g/mol. The molecule has 0 amide bonds. The summed E-state index contributed by atoms with van der Waals surface area (Å²) in [6.07, 6.45) is 6.19. The molecule has 0 heterocycles. The van der Waals surface area contributed by atoms with E-state index in [1.165, 1.54) is 24.0 Å². The minimum absolute atomic E-state index is 0.0428. The van der Waals surface area contributed by atoms with Crippen LogP contribution < -0.4 is 4.72 Å². The zero-order chi connectivity index (χ0) is 25.5. The van der Waals surface area contributed by atoms with Crippen molar-refractivity contribution >= 4 is 10.3 Å². The van der Waals surface area contributed by atoms with Crippen LogP contribution in [0.3, 0.4) is 0 Å². The van der Waals surface area contributed by atoms with Gasteiger partial charge in [-0.25, -0.2) is 0 Å². The second-order valence-corrected chi connectivity index (χ2v) is 11.5. The Hall–Kier alpha value is -1.77. The number of benzene rings is 2. The van der Waals surface area contributed by atoms with Gasteiger partial charge in [-0.15, -0.1) is 0 Å². The second kappa shape index (κ2) is 12.7. The number of nitrogens with one attached hydrogen (secondary N) is 1. The van der Waals surface area contributed by atoms with Crippen molar-refractivity contribution in [3.05, 3.63) is 70.8 Å². The third-order valence-corrected chi connectivity index (χ3v) is 8.75. The summed E-state index contributed by atoms with van der Waals surface area (Å²) in [6, 6.07) is 18.1. The van der Waals surface area contributed by atoms with Crippen molar-refractivity contribution in [2.45, 2.75) is 70.3 Å². The van der Waals surface area contributed by atoms with Crippen LogP contribution in [0.5, 0.6) is 0 Å². The molecule has 4 aliphatic rings. The van der Waals surface area contributed by atoms with Gasteiger partial charge in [0.05, 0.1) is 13.2 Å². The van der Waals surface area contributed by atoms with E-state index in [-0.39, 0.29) is 6.04 Å². The molecule has 2 N–H and O–H groups in total. The summed E-state index contributed by atoms with van der Waals surface area (Å²) in [5.41, 5.74) is 6.17. The topological polar surface area (TPSA) is 78.9 Å². The quantitative estimate of drug-likeness (QED) is 0.348. The van der Waals surface area contributed by atoms with E-state index in [9.17, 15) is 8.42 Å². The highest BCUT2D eigenvalue weighted by atomic mass is 32.2. The Labute approximate surface area is 217 Å². The Balaban J connectivity index is 0.000000233. The molecule has 0 aliphatic heterocycles. The van der Waals surface area contributed by atoms with E-state index in [1.54, 1.807) is 11.1 Å². The van der Waals surface area contributed by atoms with Crippen molar-refractivity contribution in [1.29, 1.82) is 0 Å². The van der Waals surface area contributed by atoms with Crippen LogP contribution in [0.25, 0.3) is 0 Å². The lowest BCUT2D eigenvalue weighted by Crippen LogP contribution is -2.35. The maximum atomic E-state index is 10.3. The summed E-state index contributed by atoms with van der Waals surface area (Å²) < 4.78 is 37.5. The first-order valence-electron chi connectivity index (χ1n) is 13.6. The average Bonchev–Trinajstić information content (AvgIpc) is 2.89. The van der Waals surface area contributed by atoms with Crippen LogP contribution >= 0.6 is 0 Å². The number of nitrogens with zero attached hydrogens (tertiary/aromatic N) is 1. The van der Waals surface area contributed by atoms with Gasteiger partial charge in [-0.3, -0.25) is 4.55 Å². The Morgan fingerprint density at radius 1 is 0.917 bits per heavy atom. The van der Waals surface area contributed by atoms with E-state index < -0.39 is 10.3 Å². The zero-order valence-corrected chi connectivity index (χ0v) is 22.6. The molecule has 1 atom stereocenters. The Morgan fingerprint density at radius 2 is 1.47 bits per heavy atom. The number of likely N-dealkylation sites (N-methyl/N-ethyl adjacent to an activating group) is 1. The Bertz CT molecular complexity index is 1030. The van der Waals surface area contributed by atoms with Crippen LogP contribution in [0.1, 0.15) is 86.5 Å².